The van der Waals surface area contributed by atoms with E-state index in [0.717, 1.165) is 39.7 Å². The predicted octanol–water partition coefficient (Wildman–Crippen LogP) is 4.98. The standard InChI is InChI=1S/C25H27ClN6O2/c1-3-5-11-21-23(26)32(22(33)8-4-2)25(34)31(21)16-17-12-14-18(15-13-17)19-9-6-7-10-20(19)24-27-29-30-28-24/h6-7,9-10,12-15H,3-5,8,11,16H2,1-2H3,(H,27,28,29,30). The molecule has 34 heavy (non-hydrogen) atoms. The summed E-state index contributed by atoms with van der Waals surface area (Å²) < 4.78 is 2.76. The number of nitrogens with one attached hydrogen (secondary N) is 1. The van der Waals surface area contributed by atoms with E-state index >= 15 is 0 Å². The summed E-state index contributed by atoms with van der Waals surface area (Å²) in [5.74, 6) is 0.266. The third-order valence-electron chi connectivity index (χ3n) is 5.78. The second kappa shape index (κ2) is 10.6. The molecule has 4 rings (SSSR count). The topological polar surface area (TPSA) is 98.5 Å². The molecule has 176 valence electrons. The highest BCUT2D eigenvalue weighted by Crippen LogP contribution is 2.30. The van der Waals surface area contributed by atoms with Crippen LogP contribution in [0.5, 0.6) is 0 Å². The molecule has 9 heteroatoms. The van der Waals surface area contributed by atoms with Crippen LogP contribution in [-0.4, -0.2) is 35.7 Å². The van der Waals surface area contributed by atoms with Gasteiger partial charge in [-0.25, -0.2) is 9.36 Å². The van der Waals surface area contributed by atoms with Crippen LogP contribution in [0.25, 0.3) is 22.5 Å². The average molecular weight is 479 g/mol. The van der Waals surface area contributed by atoms with Crippen LogP contribution in [0.3, 0.4) is 0 Å². The largest absolute Gasteiger partial charge is 0.336 e. The van der Waals surface area contributed by atoms with Gasteiger partial charge in [0.15, 0.2) is 0 Å². The van der Waals surface area contributed by atoms with Gasteiger partial charge in [-0.15, -0.1) is 10.2 Å². The van der Waals surface area contributed by atoms with E-state index in [1.165, 1.54) is 0 Å². The van der Waals surface area contributed by atoms with Crippen molar-refractivity contribution in [2.24, 2.45) is 0 Å². The number of imidazole rings is 1. The Morgan fingerprint density at radius 3 is 2.41 bits per heavy atom. The van der Waals surface area contributed by atoms with E-state index < -0.39 is 0 Å². The maximum Gasteiger partial charge on any atom is 0.336 e. The number of carbonyl (C=O) groups is 1. The van der Waals surface area contributed by atoms with Gasteiger partial charge >= 0.3 is 5.69 Å². The monoisotopic (exact) mass is 478 g/mol. The Morgan fingerprint density at radius 1 is 1.03 bits per heavy atom. The van der Waals surface area contributed by atoms with Crippen LogP contribution >= 0.6 is 11.6 Å². The van der Waals surface area contributed by atoms with Gasteiger partial charge in [-0.05, 0) is 41.2 Å². The molecule has 2 aromatic carbocycles. The minimum Gasteiger partial charge on any atom is -0.290 e. The van der Waals surface area contributed by atoms with E-state index in [0.29, 0.717) is 30.9 Å². The van der Waals surface area contributed by atoms with Gasteiger partial charge in [0.25, 0.3) is 0 Å². The van der Waals surface area contributed by atoms with E-state index in [2.05, 4.69) is 27.5 Å². The van der Waals surface area contributed by atoms with Crippen molar-refractivity contribution >= 4 is 17.5 Å². The minimum absolute atomic E-state index is 0.238. The molecule has 8 nitrogen and oxygen atoms in total. The van der Waals surface area contributed by atoms with Crippen molar-refractivity contribution in [2.45, 2.75) is 52.5 Å². The first kappa shape index (κ1) is 23.6. The van der Waals surface area contributed by atoms with Crippen LogP contribution in [0.2, 0.25) is 5.15 Å². The lowest BCUT2D eigenvalue weighted by Gasteiger charge is -2.10. The first-order valence-corrected chi connectivity index (χ1v) is 11.9. The van der Waals surface area contributed by atoms with E-state index in [1.54, 1.807) is 4.57 Å². The molecule has 0 saturated carbocycles. The molecule has 0 aliphatic carbocycles. The number of unbranched alkanes of at least 4 members (excludes halogenated alkanes) is 1. The number of hydrogen-bond donors (Lipinski definition) is 1. The van der Waals surface area contributed by atoms with Crippen LogP contribution in [-0.2, 0) is 13.0 Å². The molecule has 0 aliphatic heterocycles. The molecule has 1 N–H and O–H groups in total. The Labute approximate surface area is 202 Å². The van der Waals surface area contributed by atoms with Gasteiger partial charge in [0.05, 0.1) is 12.2 Å². The predicted molar refractivity (Wildman–Crippen MR) is 132 cm³/mol. The molecule has 0 spiro atoms. The van der Waals surface area contributed by atoms with Gasteiger partial charge < -0.3 is 0 Å². The van der Waals surface area contributed by atoms with Gasteiger partial charge in [-0.2, -0.15) is 5.21 Å². The third kappa shape index (κ3) is 4.72. The molecule has 4 aromatic rings. The maximum absolute atomic E-state index is 13.2. The van der Waals surface area contributed by atoms with Crippen molar-refractivity contribution in [1.29, 1.82) is 0 Å². The molecular weight excluding hydrogens is 452 g/mol. The number of aromatic amines is 1. The lowest BCUT2D eigenvalue weighted by molar-refractivity contribution is 0.0897. The number of carbonyl (C=O) groups excluding carboxylic acids is 1. The van der Waals surface area contributed by atoms with Crippen molar-refractivity contribution in [3.8, 4) is 22.5 Å². The Morgan fingerprint density at radius 2 is 1.76 bits per heavy atom. The number of benzene rings is 2. The van der Waals surface area contributed by atoms with Crippen molar-refractivity contribution < 1.29 is 4.79 Å². The van der Waals surface area contributed by atoms with Gasteiger partial charge in [0.1, 0.15) is 5.15 Å². The Balaban J connectivity index is 1.67. The highest BCUT2D eigenvalue weighted by molar-refractivity contribution is 6.31. The second-order valence-corrected chi connectivity index (χ2v) is 8.52. The number of aromatic nitrogens is 6. The average Bonchev–Trinajstić information content (AvgIpc) is 3.46. The van der Waals surface area contributed by atoms with E-state index in [1.807, 2.05) is 55.5 Å². The van der Waals surface area contributed by atoms with Crippen LogP contribution in [0, 0.1) is 0 Å². The molecule has 0 radical (unpaired) electrons. The van der Waals surface area contributed by atoms with Crippen molar-refractivity contribution in [3.05, 3.63) is 75.4 Å². The van der Waals surface area contributed by atoms with Gasteiger partial charge in [-0.3, -0.25) is 9.36 Å². The highest BCUT2D eigenvalue weighted by atomic mass is 35.5. The van der Waals surface area contributed by atoms with Crippen molar-refractivity contribution in [3.63, 3.8) is 0 Å². The number of tetrazole rings is 1. The number of nitrogens with zero attached hydrogens (tertiary/aromatic N) is 5. The van der Waals surface area contributed by atoms with Gasteiger partial charge in [-0.1, -0.05) is 80.4 Å². The molecule has 0 unspecified atom stereocenters. The summed E-state index contributed by atoms with van der Waals surface area (Å²) in [6.07, 6.45) is 3.44. The van der Waals surface area contributed by atoms with Crippen molar-refractivity contribution in [1.82, 2.24) is 29.8 Å². The molecule has 0 aliphatic rings. The van der Waals surface area contributed by atoms with Crippen molar-refractivity contribution in [2.75, 3.05) is 0 Å². The molecule has 0 saturated heterocycles. The summed E-state index contributed by atoms with van der Waals surface area (Å²) in [6, 6.07) is 15.8. The zero-order valence-corrected chi connectivity index (χ0v) is 20.0. The molecule has 2 aromatic heterocycles. The molecule has 0 atom stereocenters. The molecule has 0 bridgehead atoms. The van der Waals surface area contributed by atoms with Crippen LogP contribution in [0.1, 0.15) is 55.6 Å². The summed E-state index contributed by atoms with van der Waals surface area (Å²) in [5.41, 5.74) is 4.13. The number of rotatable bonds is 9. The Bertz CT molecular complexity index is 1320. The summed E-state index contributed by atoms with van der Waals surface area (Å²) in [5, 5.41) is 14.6. The fourth-order valence-corrected chi connectivity index (χ4v) is 4.39. The minimum atomic E-state index is -0.374. The third-order valence-corrected chi connectivity index (χ3v) is 6.17. The SMILES string of the molecule is CCCCc1c(Cl)n(C(=O)CCC)c(=O)n1Cc1ccc(-c2ccccc2-c2nn[nH]n2)cc1. The lowest BCUT2D eigenvalue weighted by Crippen LogP contribution is -2.29. The fourth-order valence-electron chi connectivity index (χ4n) is 4.03. The zero-order valence-electron chi connectivity index (χ0n) is 19.3. The van der Waals surface area contributed by atoms with E-state index in [4.69, 9.17) is 11.6 Å². The molecule has 0 amide bonds. The van der Waals surface area contributed by atoms with E-state index in [-0.39, 0.29) is 23.2 Å². The van der Waals surface area contributed by atoms with Crippen LogP contribution < -0.4 is 5.69 Å². The number of H-pyrrole nitrogens is 1. The highest BCUT2D eigenvalue weighted by Gasteiger charge is 2.22. The lowest BCUT2D eigenvalue weighted by atomic mass is 9.98. The number of hydrogen-bond acceptors (Lipinski definition) is 5. The van der Waals surface area contributed by atoms with Crippen LogP contribution in [0.15, 0.2) is 53.3 Å². The first-order chi connectivity index (χ1) is 16.5. The summed E-state index contributed by atoms with van der Waals surface area (Å²) in [6.45, 7) is 4.34. The van der Waals surface area contributed by atoms with Gasteiger partial charge in [0.2, 0.25) is 11.7 Å². The summed E-state index contributed by atoms with van der Waals surface area (Å²) in [7, 11) is 0. The summed E-state index contributed by atoms with van der Waals surface area (Å²) in [4.78, 5) is 25.7. The normalized spacial score (nSPS) is 11.1. The molecule has 0 fully saturated rings. The quantitative estimate of drug-likeness (QED) is 0.365. The molecule has 2 heterocycles. The summed E-state index contributed by atoms with van der Waals surface area (Å²) >= 11 is 6.54. The molecular formula is C25H27ClN6O2. The number of halogens is 1. The fraction of sp³-hybridized carbons (Fsp3) is 0.320. The Hall–Kier alpha value is -3.52. The first-order valence-electron chi connectivity index (χ1n) is 11.5. The second-order valence-electron chi connectivity index (χ2n) is 8.17. The smallest absolute Gasteiger partial charge is 0.290 e. The van der Waals surface area contributed by atoms with E-state index in [9.17, 15) is 9.59 Å². The Kier molecular flexibility index (Phi) is 7.37. The zero-order chi connectivity index (χ0) is 24.1. The van der Waals surface area contributed by atoms with Gasteiger partial charge in [0, 0.05) is 12.0 Å². The maximum atomic E-state index is 13.2. The van der Waals surface area contributed by atoms with Crippen LogP contribution in [0.4, 0.5) is 0 Å².